The van der Waals surface area contributed by atoms with Crippen molar-refractivity contribution in [3.05, 3.63) is 82.4 Å². The number of amides is 2. The fourth-order valence-corrected chi connectivity index (χ4v) is 3.93. The van der Waals surface area contributed by atoms with Gasteiger partial charge in [0.25, 0.3) is 11.6 Å². The van der Waals surface area contributed by atoms with Crippen LogP contribution in [0.4, 0.5) is 11.4 Å². The molecule has 152 valence electrons. The molecule has 2 aliphatic rings. The molecule has 2 heterocycles. The van der Waals surface area contributed by atoms with Crippen molar-refractivity contribution in [2.75, 3.05) is 4.90 Å². The van der Waals surface area contributed by atoms with Gasteiger partial charge >= 0.3 is 0 Å². The van der Waals surface area contributed by atoms with E-state index in [-0.39, 0.29) is 17.1 Å². The molecule has 3 aromatic carbocycles. The van der Waals surface area contributed by atoms with E-state index in [2.05, 4.69) is 5.16 Å². The third kappa shape index (κ3) is 2.78. The number of rotatable bonds is 4. The molecular weight excluding hydrogens is 402 g/mol. The van der Waals surface area contributed by atoms with Crippen molar-refractivity contribution in [3.63, 3.8) is 0 Å². The standard InChI is InChI=1S/C22H13N3O6/c26-19(16-10-3-6-12-5-1-2-9-15(12)16)18-17-20(31-23-18)22(28)24(21(17)27)13-7-4-8-14(11-13)25(29)30/h1-11,17,20H/t17-,20-/m0/s1. The summed E-state index contributed by atoms with van der Waals surface area (Å²) >= 11 is 0. The summed E-state index contributed by atoms with van der Waals surface area (Å²) in [4.78, 5) is 55.6. The second-order valence-corrected chi connectivity index (χ2v) is 7.12. The van der Waals surface area contributed by atoms with E-state index < -0.39 is 34.5 Å². The van der Waals surface area contributed by atoms with Crippen molar-refractivity contribution >= 4 is 45.5 Å². The topological polar surface area (TPSA) is 119 Å². The minimum absolute atomic E-state index is 0.0409. The second kappa shape index (κ2) is 6.84. The number of nitro groups is 1. The number of imide groups is 1. The summed E-state index contributed by atoms with van der Waals surface area (Å²) in [5.74, 6) is -3.15. The van der Waals surface area contributed by atoms with E-state index in [9.17, 15) is 24.5 Å². The number of carbonyl (C=O) groups is 3. The van der Waals surface area contributed by atoms with Gasteiger partial charge in [-0.1, -0.05) is 53.7 Å². The number of carbonyl (C=O) groups excluding carboxylic acids is 3. The predicted molar refractivity (Wildman–Crippen MR) is 110 cm³/mol. The lowest BCUT2D eigenvalue weighted by Crippen LogP contribution is -2.34. The monoisotopic (exact) mass is 415 g/mol. The highest BCUT2D eigenvalue weighted by Gasteiger charge is 2.57. The molecule has 31 heavy (non-hydrogen) atoms. The molecule has 9 nitrogen and oxygen atoms in total. The molecule has 0 spiro atoms. The second-order valence-electron chi connectivity index (χ2n) is 7.12. The van der Waals surface area contributed by atoms with E-state index in [0.717, 1.165) is 16.4 Å². The van der Waals surface area contributed by atoms with Gasteiger partial charge in [0, 0.05) is 17.7 Å². The molecule has 2 aliphatic heterocycles. The molecule has 2 amide bonds. The Bertz CT molecular complexity index is 1330. The van der Waals surface area contributed by atoms with Gasteiger partial charge in [-0.25, -0.2) is 4.90 Å². The van der Waals surface area contributed by atoms with Crippen molar-refractivity contribution in [2.45, 2.75) is 6.10 Å². The summed E-state index contributed by atoms with van der Waals surface area (Å²) in [6.45, 7) is 0. The van der Waals surface area contributed by atoms with E-state index in [1.807, 2.05) is 18.2 Å². The first-order valence-corrected chi connectivity index (χ1v) is 9.36. The van der Waals surface area contributed by atoms with Gasteiger partial charge in [-0.15, -0.1) is 0 Å². The summed E-state index contributed by atoms with van der Waals surface area (Å²) in [7, 11) is 0. The van der Waals surface area contributed by atoms with Crippen LogP contribution in [0, 0.1) is 16.0 Å². The Hall–Kier alpha value is -4.40. The maximum Gasteiger partial charge on any atom is 0.278 e. The predicted octanol–water partition coefficient (Wildman–Crippen LogP) is 2.88. The van der Waals surface area contributed by atoms with Crippen LogP contribution in [0.5, 0.6) is 0 Å². The van der Waals surface area contributed by atoms with Crippen LogP contribution >= 0.6 is 0 Å². The van der Waals surface area contributed by atoms with Gasteiger partial charge < -0.3 is 4.84 Å². The van der Waals surface area contributed by atoms with Gasteiger partial charge in [-0.3, -0.25) is 24.5 Å². The SMILES string of the molecule is O=C(C1=NO[C@@H]2C(=O)N(c3cccc([N+](=O)[O-])c3)C(=O)[C@@H]12)c1cccc2ccccc12. The zero-order valence-electron chi connectivity index (χ0n) is 15.8. The Morgan fingerprint density at radius 2 is 1.74 bits per heavy atom. The molecule has 0 N–H and O–H groups in total. The van der Waals surface area contributed by atoms with Gasteiger partial charge in [0.2, 0.25) is 17.8 Å². The molecule has 0 radical (unpaired) electrons. The number of oxime groups is 1. The molecule has 0 unspecified atom stereocenters. The number of nitro benzene ring substituents is 1. The van der Waals surface area contributed by atoms with Crippen LogP contribution < -0.4 is 4.90 Å². The van der Waals surface area contributed by atoms with Crippen LogP contribution in [0.1, 0.15) is 10.4 Å². The van der Waals surface area contributed by atoms with E-state index in [0.29, 0.717) is 10.9 Å². The van der Waals surface area contributed by atoms with Crippen molar-refractivity contribution in [3.8, 4) is 0 Å². The smallest absolute Gasteiger partial charge is 0.278 e. The maximum atomic E-state index is 13.3. The van der Waals surface area contributed by atoms with Crippen LogP contribution in [0.15, 0.2) is 71.9 Å². The van der Waals surface area contributed by atoms with E-state index in [4.69, 9.17) is 4.84 Å². The third-order valence-corrected chi connectivity index (χ3v) is 5.38. The quantitative estimate of drug-likeness (QED) is 0.280. The highest BCUT2D eigenvalue weighted by atomic mass is 16.7. The zero-order chi connectivity index (χ0) is 21.7. The average molecular weight is 415 g/mol. The normalized spacial score (nSPS) is 19.9. The van der Waals surface area contributed by atoms with Crippen molar-refractivity contribution in [1.29, 1.82) is 0 Å². The van der Waals surface area contributed by atoms with Crippen LogP contribution in [0.2, 0.25) is 0 Å². The lowest BCUT2D eigenvalue weighted by atomic mass is 9.91. The number of fused-ring (bicyclic) bond motifs is 2. The lowest BCUT2D eigenvalue weighted by molar-refractivity contribution is -0.384. The van der Waals surface area contributed by atoms with Gasteiger partial charge in [0.15, 0.2) is 0 Å². The number of ketones is 1. The summed E-state index contributed by atoms with van der Waals surface area (Å²) in [6, 6.07) is 17.7. The van der Waals surface area contributed by atoms with E-state index in [1.54, 1.807) is 24.3 Å². The number of hydrogen-bond donors (Lipinski definition) is 0. The minimum Gasteiger partial charge on any atom is -0.381 e. The molecule has 0 saturated carbocycles. The lowest BCUT2D eigenvalue weighted by Gasteiger charge is -2.15. The number of benzene rings is 3. The molecule has 1 saturated heterocycles. The zero-order valence-corrected chi connectivity index (χ0v) is 15.8. The number of non-ortho nitro benzene ring substituents is 1. The largest absolute Gasteiger partial charge is 0.381 e. The Kier molecular flexibility index (Phi) is 4.11. The molecule has 0 bridgehead atoms. The molecule has 0 aliphatic carbocycles. The number of nitrogens with zero attached hydrogens (tertiary/aromatic N) is 3. The highest BCUT2D eigenvalue weighted by molar-refractivity contribution is 6.53. The molecule has 2 atom stereocenters. The highest BCUT2D eigenvalue weighted by Crippen LogP contribution is 2.35. The summed E-state index contributed by atoms with van der Waals surface area (Å²) in [5.41, 5.74) is -0.0428. The first-order chi connectivity index (χ1) is 15.0. The van der Waals surface area contributed by atoms with Crippen LogP contribution in [-0.2, 0) is 14.4 Å². The third-order valence-electron chi connectivity index (χ3n) is 5.38. The Morgan fingerprint density at radius 1 is 1.00 bits per heavy atom. The molecule has 9 heteroatoms. The summed E-state index contributed by atoms with van der Waals surface area (Å²) in [5, 5.41) is 16.4. The molecule has 0 aromatic heterocycles. The van der Waals surface area contributed by atoms with Crippen molar-refractivity contribution in [1.82, 2.24) is 0 Å². The van der Waals surface area contributed by atoms with Gasteiger partial charge in [0.05, 0.1) is 10.6 Å². The average Bonchev–Trinajstić information content (AvgIpc) is 3.33. The fourth-order valence-electron chi connectivity index (χ4n) is 3.93. The summed E-state index contributed by atoms with van der Waals surface area (Å²) < 4.78 is 0. The number of anilines is 1. The molecule has 1 fully saturated rings. The summed E-state index contributed by atoms with van der Waals surface area (Å²) in [6.07, 6.45) is -1.28. The maximum absolute atomic E-state index is 13.3. The van der Waals surface area contributed by atoms with Crippen molar-refractivity contribution in [2.24, 2.45) is 11.1 Å². The fraction of sp³-hybridized carbons (Fsp3) is 0.0909. The molecule has 3 aromatic rings. The van der Waals surface area contributed by atoms with E-state index in [1.165, 1.54) is 18.2 Å². The first-order valence-electron chi connectivity index (χ1n) is 9.36. The molecule has 5 rings (SSSR count). The first kappa shape index (κ1) is 18.6. The molecular formula is C22H13N3O6. The van der Waals surface area contributed by atoms with E-state index >= 15 is 0 Å². The van der Waals surface area contributed by atoms with Crippen LogP contribution in [0.25, 0.3) is 10.8 Å². The minimum atomic E-state index is -1.28. The van der Waals surface area contributed by atoms with Crippen LogP contribution in [-0.4, -0.2) is 34.3 Å². The van der Waals surface area contributed by atoms with Gasteiger partial charge in [-0.05, 0) is 16.8 Å². The van der Waals surface area contributed by atoms with Gasteiger partial charge in [0.1, 0.15) is 11.6 Å². The van der Waals surface area contributed by atoms with Gasteiger partial charge in [-0.2, -0.15) is 0 Å². The number of hydrogen-bond acceptors (Lipinski definition) is 7. The van der Waals surface area contributed by atoms with Crippen LogP contribution in [0.3, 0.4) is 0 Å². The Labute approximate surface area is 174 Å². The number of Topliss-reactive ketones (excluding diaryl/α,β-unsaturated/α-hetero) is 1. The van der Waals surface area contributed by atoms with Crippen molar-refractivity contribution < 1.29 is 24.1 Å². The Balaban J connectivity index is 1.52. The Morgan fingerprint density at radius 3 is 2.55 bits per heavy atom.